The highest BCUT2D eigenvalue weighted by molar-refractivity contribution is 7.80. The summed E-state index contributed by atoms with van der Waals surface area (Å²) in [5.41, 5.74) is 6.56. The fraction of sp³-hybridized carbons (Fsp3) is 0.316. The minimum atomic E-state index is 0.577. The molecule has 0 radical (unpaired) electrons. The van der Waals surface area contributed by atoms with E-state index in [1.807, 2.05) is 29.4 Å². The Kier molecular flexibility index (Phi) is 5.37. The molecule has 26 heavy (non-hydrogen) atoms. The van der Waals surface area contributed by atoms with Crippen LogP contribution in [0.25, 0.3) is 0 Å². The second kappa shape index (κ2) is 7.70. The Morgan fingerprint density at radius 2 is 1.92 bits per heavy atom. The molecule has 0 aliphatic carbocycles. The summed E-state index contributed by atoms with van der Waals surface area (Å²) < 4.78 is 3.84. The topological polar surface area (TPSA) is 59.7 Å². The molecule has 0 spiro atoms. The number of aryl methyl sites for hydroxylation is 3. The van der Waals surface area contributed by atoms with Crippen molar-refractivity contribution in [1.29, 1.82) is 0 Å². The molecule has 0 fully saturated rings. The first-order valence-corrected chi connectivity index (χ1v) is 8.96. The third kappa shape index (κ3) is 3.94. The van der Waals surface area contributed by atoms with E-state index in [0.29, 0.717) is 11.7 Å². The Hall–Kier alpha value is -2.67. The van der Waals surface area contributed by atoms with E-state index in [9.17, 15) is 0 Å². The fourth-order valence-electron chi connectivity index (χ4n) is 2.88. The maximum Gasteiger partial charge on any atom is 0.171 e. The number of rotatable bonds is 5. The molecule has 0 saturated heterocycles. The number of hydrogen-bond donors (Lipinski definition) is 2. The van der Waals surface area contributed by atoms with Crippen LogP contribution in [0.2, 0.25) is 0 Å². The molecule has 2 N–H and O–H groups in total. The van der Waals surface area contributed by atoms with Gasteiger partial charge in [0.1, 0.15) is 0 Å². The van der Waals surface area contributed by atoms with Crippen LogP contribution in [0, 0.1) is 20.8 Å². The first-order chi connectivity index (χ1) is 12.5. The van der Waals surface area contributed by atoms with Crippen LogP contribution < -0.4 is 10.6 Å². The van der Waals surface area contributed by atoms with Crippen molar-refractivity contribution in [2.75, 3.05) is 5.32 Å². The number of benzene rings is 1. The van der Waals surface area contributed by atoms with Gasteiger partial charge in [-0.05, 0) is 50.2 Å². The normalized spacial score (nSPS) is 10.8. The summed E-state index contributed by atoms with van der Waals surface area (Å²) in [5.74, 6) is 0. The second-order valence-electron chi connectivity index (χ2n) is 6.38. The van der Waals surface area contributed by atoms with Crippen LogP contribution in [0.5, 0.6) is 0 Å². The van der Waals surface area contributed by atoms with Crippen molar-refractivity contribution in [2.24, 2.45) is 7.05 Å². The van der Waals surface area contributed by atoms with Crippen molar-refractivity contribution in [2.45, 2.75) is 33.9 Å². The van der Waals surface area contributed by atoms with Crippen LogP contribution >= 0.6 is 12.2 Å². The van der Waals surface area contributed by atoms with Crippen molar-refractivity contribution in [3.63, 3.8) is 0 Å². The summed E-state index contributed by atoms with van der Waals surface area (Å²) >= 11 is 5.44. The number of nitrogens with zero attached hydrogens (tertiary/aromatic N) is 4. The Balaban J connectivity index is 1.68. The monoisotopic (exact) mass is 368 g/mol. The maximum atomic E-state index is 5.44. The van der Waals surface area contributed by atoms with Gasteiger partial charge in [0.15, 0.2) is 5.11 Å². The molecule has 1 aromatic carbocycles. The largest absolute Gasteiger partial charge is 0.357 e. The first-order valence-electron chi connectivity index (χ1n) is 8.56. The van der Waals surface area contributed by atoms with E-state index in [4.69, 9.17) is 12.2 Å². The lowest BCUT2D eigenvalue weighted by atomic mass is 10.1. The van der Waals surface area contributed by atoms with Crippen LogP contribution in [0.4, 0.5) is 5.69 Å². The molecule has 7 heteroatoms. The van der Waals surface area contributed by atoms with E-state index in [2.05, 4.69) is 58.9 Å². The summed E-state index contributed by atoms with van der Waals surface area (Å²) in [4.78, 5) is 0. The summed E-state index contributed by atoms with van der Waals surface area (Å²) in [6.07, 6.45) is 1.78. The second-order valence-corrected chi connectivity index (χ2v) is 6.79. The highest BCUT2D eigenvalue weighted by Crippen LogP contribution is 2.21. The van der Waals surface area contributed by atoms with Gasteiger partial charge in [0.2, 0.25) is 0 Å². The molecule has 2 heterocycles. The molecule has 0 unspecified atom stereocenters. The Morgan fingerprint density at radius 3 is 2.62 bits per heavy atom. The minimum Gasteiger partial charge on any atom is -0.357 e. The summed E-state index contributed by atoms with van der Waals surface area (Å²) in [6, 6.07) is 10.3. The van der Waals surface area contributed by atoms with Gasteiger partial charge in [0.05, 0.1) is 35.9 Å². The zero-order valence-electron chi connectivity index (χ0n) is 15.6. The van der Waals surface area contributed by atoms with Gasteiger partial charge in [0, 0.05) is 13.2 Å². The Morgan fingerprint density at radius 1 is 1.15 bits per heavy atom. The molecule has 0 bridgehead atoms. The average molecular weight is 369 g/mol. The highest BCUT2D eigenvalue weighted by Gasteiger charge is 2.13. The smallest absolute Gasteiger partial charge is 0.171 e. The van der Waals surface area contributed by atoms with E-state index in [1.54, 1.807) is 6.20 Å². The molecule has 0 atom stereocenters. The van der Waals surface area contributed by atoms with Crippen LogP contribution in [0.1, 0.15) is 28.2 Å². The SMILES string of the molecule is Cc1ccccc1Cn1nc(C)c(NC(=S)NCc2ccnn2C)c1C. The first kappa shape index (κ1) is 18.1. The van der Waals surface area contributed by atoms with E-state index in [1.165, 1.54) is 11.1 Å². The number of thiocarbonyl (C=S) groups is 1. The van der Waals surface area contributed by atoms with Gasteiger partial charge in [-0.2, -0.15) is 10.2 Å². The molecule has 0 amide bonds. The van der Waals surface area contributed by atoms with Gasteiger partial charge in [-0.15, -0.1) is 0 Å². The van der Waals surface area contributed by atoms with Crippen LogP contribution in [0.15, 0.2) is 36.5 Å². The van der Waals surface area contributed by atoms with Crippen LogP contribution in [-0.4, -0.2) is 24.7 Å². The van der Waals surface area contributed by atoms with Gasteiger partial charge < -0.3 is 10.6 Å². The van der Waals surface area contributed by atoms with Crippen molar-refractivity contribution < 1.29 is 0 Å². The van der Waals surface area contributed by atoms with E-state index < -0.39 is 0 Å². The predicted octanol–water partition coefficient (Wildman–Crippen LogP) is 3.08. The van der Waals surface area contributed by atoms with Crippen molar-refractivity contribution in [1.82, 2.24) is 24.9 Å². The molecule has 136 valence electrons. The van der Waals surface area contributed by atoms with Gasteiger partial charge in [0.25, 0.3) is 0 Å². The maximum absolute atomic E-state index is 5.44. The Bertz CT molecular complexity index is 924. The fourth-order valence-corrected chi connectivity index (χ4v) is 3.06. The van der Waals surface area contributed by atoms with E-state index in [-0.39, 0.29) is 0 Å². The molecule has 0 aliphatic heterocycles. The molecular weight excluding hydrogens is 344 g/mol. The summed E-state index contributed by atoms with van der Waals surface area (Å²) in [6.45, 7) is 7.55. The van der Waals surface area contributed by atoms with Gasteiger partial charge in [-0.3, -0.25) is 9.36 Å². The van der Waals surface area contributed by atoms with Crippen molar-refractivity contribution in [3.8, 4) is 0 Å². The molecule has 3 aromatic rings. The molecule has 2 aromatic heterocycles. The summed E-state index contributed by atoms with van der Waals surface area (Å²) in [5, 5.41) is 15.9. The lowest BCUT2D eigenvalue weighted by Crippen LogP contribution is -2.29. The van der Waals surface area contributed by atoms with Crippen molar-refractivity contribution >= 4 is 23.0 Å². The molecule has 0 aliphatic rings. The number of aromatic nitrogens is 4. The van der Waals surface area contributed by atoms with Gasteiger partial charge in [-0.25, -0.2) is 0 Å². The molecule has 0 saturated carbocycles. The zero-order chi connectivity index (χ0) is 18.7. The van der Waals surface area contributed by atoms with Gasteiger partial charge in [-0.1, -0.05) is 24.3 Å². The van der Waals surface area contributed by atoms with Crippen molar-refractivity contribution in [3.05, 3.63) is 64.7 Å². The van der Waals surface area contributed by atoms with Crippen LogP contribution in [-0.2, 0) is 20.1 Å². The Labute approximate surface area is 159 Å². The van der Waals surface area contributed by atoms with Crippen LogP contribution in [0.3, 0.4) is 0 Å². The third-order valence-electron chi connectivity index (χ3n) is 4.55. The molecule has 6 nitrogen and oxygen atoms in total. The predicted molar refractivity (Wildman–Crippen MR) is 108 cm³/mol. The average Bonchev–Trinajstić information content (AvgIpc) is 3.13. The summed E-state index contributed by atoms with van der Waals surface area (Å²) in [7, 11) is 1.91. The third-order valence-corrected chi connectivity index (χ3v) is 4.80. The molecule has 3 rings (SSSR count). The van der Waals surface area contributed by atoms with E-state index in [0.717, 1.165) is 29.3 Å². The van der Waals surface area contributed by atoms with Gasteiger partial charge >= 0.3 is 0 Å². The number of nitrogens with one attached hydrogen (secondary N) is 2. The minimum absolute atomic E-state index is 0.577. The highest BCUT2D eigenvalue weighted by atomic mass is 32.1. The zero-order valence-corrected chi connectivity index (χ0v) is 16.4. The lowest BCUT2D eigenvalue weighted by molar-refractivity contribution is 0.657. The quantitative estimate of drug-likeness (QED) is 0.678. The molecular formula is C19H24N6S. The number of hydrogen-bond acceptors (Lipinski definition) is 3. The van der Waals surface area contributed by atoms with E-state index >= 15 is 0 Å². The lowest BCUT2D eigenvalue weighted by Gasteiger charge is -2.12. The number of anilines is 1. The standard InChI is InChI=1S/C19H24N6S/c1-13-7-5-6-8-16(13)12-25-15(3)18(14(2)23-25)22-19(26)20-11-17-9-10-21-24(17)4/h5-10H,11-12H2,1-4H3,(H2,20,22,26).